The van der Waals surface area contributed by atoms with E-state index in [-0.39, 0.29) is 5.91 Å². The Bertz CT molecular complexity index is 346. The number of aliphatic hydroxyl groups is 1. The molecule has 0 aliphatic heterocycles. The van der Waals surface area contributed by atoms with Crippen molar-refractivity contribution in [3.63, 3.8) is 0 Å². The van der Waals surface area contributed by atoms with Gasteiger partial charge in [0.2, 0.25) is 0 Å². The summed E-state index contributed by atoms with van der Waals surface area (Å²) in [6, 6.07) is 7.06. The summed E-state index contributed by atoms with van der Waals surface area (Å²) >= 11 is 0. The molecule has 16 heavy (non-hydrogen) atoms. The molecule has 1 rings (SSSR count). The zero-order valence-electron chi connectivity index (χ0n) is 9.73. The summed E-state index contributed by atoms with van der Waals surface area (Å²) in [6.07, 6.45) is -0.973. The van der Waals surface area contributed by atoms with Gasteiger partial charge in [-0.1, -0.05) is 12.1 Å². The predicted molar refractivity (Wildman–Crippen MR) is 62.2 cm³/mol. The second-order valence-corrected chi connectivity index (χ2v) is 3.67. The minimum atomic E-state index is -0.498. The molecule has 1 amide bonds. The number of aliphatic hydroxyl groups excluding tert-OH is 1. The number of rotatable bonds is 4. The van der Waals surface area contributed by atoms with Crippen molar-refractivity contribution in [3.8, 4) is 0 Å². The molecule has 4 nitrogen and oxygen atoms in total. The average Bonchev–Trinajstić information content (AvgIpc) is 2.28. The molecule has 0 aliphatic carbocycles. The van der Waals surface area contributed by atoms with E-state index >= 15 is 0 Å². The minimum Gasteiger partial charge on any atom is -0.389 e. The van der Waals surface area contributed by atoms with E-state index in [4.69, 9.17) is 4.74 Å². The number of hydrogen-bond donors (Lipinski definition) is 2. The monoisotopic (exact) mass is 223 g/mol. The highest BCUT2D eigenvalue weighted by molar-refractivity contribution is 5.93. The molecule has 0 aromatic heterocycles. The molecule has 2 unspecified atom stereocenters. The first-order chi connectivity index (χ1) is 7.54. The van der Waals surface area contributed by atoms with Gasteiger partial charge < -0.3 is 15.2 Å². The van der Waals surface area contributed by atoms with Crippen LogP contribution < -0.4 is 5.32 Å². The molecule has 0 saturated heterocycles. The number of carbonyl (C=O) groups excluding carboxylic acids is 1. The van der Waals surface area contributed by atoms with E-state index in [1.54, 1.807) is 38.1 Å². The van der Waals surface area contributed by atoms with Crippen molar-refractivity contribution in [2.45, 2.75) is 26.1 Å². The average molecular weight is 223 g/mol. The fraction of sp³-hybridized carbons (Fsp3) is 0.417. The van der Waals surface area contributed by atoms with E-state index in [0.29, 0.717) is 5.69 Å². The van der Waals surface area contributed by atoms with Gasteiger partial charge in [-0.05, 0) is 31.5 Å². The van der Waals surface area contributed by atoms with Crippen LogP contribution in [0.3, 0.4) is 0 Å². The van der Waals surface area contributed by atoms with Gasteiger partial charge in [0.1, 0.15) is 6.10 Å². The fourth-order valence-electron chi connectivity index (χ4n) is 1.20. The SMILES string of the molecule is COC(C)C(=O)Nc1ccc(C(C)O)cc1. The minimum absolute atomic E-state index is 0.188. The Morgan fingerprint density at radius 2 is 1.88 bits per heavy atom. The second kappa shape index (κ2) is 5.63. The number of carbonyl (C=O) groups is 1. The number of benzene rings is 1. The smallest absolute Gasteiger partial charge is 0.253 e. The van der Waals surface area contributed by atoms with Crippen molar-refractivity contribution in [2.75, 3.05) is 12.4 Å². The molecule has 0 saturated carbocycles. The van der Waals surface area contributed by atoms with Gasteiger partial charge in [0.15, 0.2) is 0 Å². The van der Waals surface area contributed by atoms with Gasteiger partial charge in [0.25, 0.3) is 5.91 Å². The maximum absolute atomic E-state index is 11.5. The van der Waals surface area contributed by atoms with Crippen molar-refractivity contribution >= 4 is 11.6 Å². The van der Waals surface area contributed by atoms with Crippen LogP contribution in [0.25, 0.3) is 0 Å². The van der Waals surface area contributed by atoms with Crippen LogP contribution in [0.15, 0.2) is 24.3 Å². The molecule has 0 spiro atoms. The van der Waals surface area contributed by atoms with Crippen molar-refractivity contribution in [1.82, 2.24) is 0 Å². The van der Waals surface area contributed by atoms with Crippen molar-refractivity contribution in [1.29, 1.82) is 0 Å². The van der Waals surface area contributed by atoms with Crippen LogP contribution in [-0.2, 0) is 9.53 Å². The molecule has 0 aliphatic rings. The normalized spacial score (nSPS) is 14.2. The zero-order chi connectivity index (χ0) is 12.1. The van der Waals surface area contributed by atoms with Crippen LogP contribution in [0.5, 0.6) is 0 Å². The van der Waals surface area contributed by atoms with E-state index in [0.717, 1.165) is 5.56 Å². The molecule has 0 fully saturated rings. The largest absolute Gasteiger partial charge is 0.389 e. The predicted octanol–water partition coefficient (Wildman–Crippen LogP) is 1.71. The number of anilines is 1. The summed E-state index contributed by atoms with van der Waals surface area (Å²) in [5, 5.41) is 12.0. The Kier molecular flexibility index (Phi) is 4.46. The van der Waals surface area contributed by atoms with Crippen LogP contribution in [0.1, 0.15) is 25.5 Å². The Labute approximate surface area is 95.2 Å². The van der Waals surface area contributed by atoms with E-state index in [9.17, 15) is 9.90 Å². The highest BCUT2D eigenvalue weighted by atomic mass is 16.5. The molecular formula is C12H17NO3. The lowest BCUT2D eigenvalue weighted by Crippen LogP contribution is -2.26. The summed E-state index contributed by atoms with van der Waals surface area (Å²) in [6.45, 7) is 3.38. The van der Waals surface area contributed by atoms with Crippen LogP contribution in [0, 0.1) is 0 Å². The maximum atomic E-state index is 11.5. The highest BCUT2D eigenvalue weighted by Crippen LogP contribution is 2.15. The fourth-order valence-corrected chi connectivity index (χ4v) is 1.20. The maximum Gasteiger partial charge on any atom is 0.253 e. The molecule has 2 atom stereocenters. The quantitative estimate of drug-likeness (QED) is 0.817. The molecule has 0 bridgehead atoms. The van der Waals surface area contributed by atoms with E-state index in [1.807, 2.05) is 0 Å². The first kappa shape index (κ1) is 12.7. The van der Waals surface area contributed by atoms with Gasteiger partial charge in [-0.15, -0.1) is 0 Å². The summed E-state index contributed by atoms with van der Waals surface area (Å²) in [5.41, 5.74) is 1.51. The summed E-state index contributed by atoms with van der Waals surface area (Å²) in [7, 11) is 1.49. The molecule has 4 heteroatoms. The molecular weight excluding hydrogens is 206 g/mol. The van der Waals surface area contributed by atoms with Crippen molar-refractivity contribution < 1.29 is 14.6 Å². The Hall–Kier alpha value is -1.39. The van der Waals surface area contributed by atoms with E-state index in [2.05, 4.69) is 5.32 Å². The molecule has 1 aromatic rings. The number of hydrogen-bond acceptors (Lipinski definition) is 3. The van der Waals surface area contributed by atoms with Gasteiger partial charge in [0.05, 0.1) is 6.10 Å². The van der Waals surface area contributed by atoms with E-state index < -0.39 is 12.2 Å². The standard InChI is InChI=1S/C12H17NO3/c1-8(14)10-4-6-11(7-5-10)13-12(15)9(2)16-3/h4-9,14H,1-3H3,(H,13,15). The summed E-state index contributed by atoms with van der Waals surface area (Å²) in [5.74, 6) is -0.188. The second-order valence-electron chi connectivity index (χ2n) is 3.67. The molecule has 0 radical (unpaired) electrons. The van der Waals surface area contributed by atoms with Crippen LogP contribution in [-0.4, -0.2) is 24.2 Å². The molecule has 2 N–H and O–H groups in total. The third-order valence-corrected chi connectivity index (χ3v) is 2.38. The Morgan fingerprint density at radius 1 is 1.31 bits per heavy atom. The number of methoxy groups -OCH3 is 1. The zero-order valence-corrected chi connectivity index (χ0v) is 9.73. The number of ether oxygens (including phenoxy) is 1. The molecule has 0 heterocycles. The van der Waals surface area contributed by atoms with Gasteiger partial charge in [-0.25, -0.2) is 0 Å². The third kappa shape index (κ3) is 3.32. The lowest BCUT2D eigenvalue weighted by Gasteiger charge is -2.11. The highest BCUT2D eigenvalue weighted by Gasteiger charge is 2.11. The lowest BCUT2D eigenvalue weighted by atomic mass is 10.1. The molecule has 1 aromatic carbocycles. The van der Waals surface area contributed by atoms with Gasteiger partial charge >= 0.3 is 0 Å². The number of amides is 1. The molecule has 88 valence electrons. The van der Waals surface area contributed by atoms with Gasteiger partial charge in [-0.2, -0.15) is 0 Å². The topological polar surface area (TPSA) is 58.6 Å². The van der Waals surface area contributed by atoms with Crippen LogP contribution in [0.2, 0.25) is 0 Å². The van der Waals surface area contributed by atoms with Crippen molar-refractivity contribution in [3.05, 3.63) is 29.8 Å². The Morgan fingerprint density at radius 3 is 2.31 bits per heavy atom. The van der Waals surface area contributed by atoms with E-state index in [1.165, 1.54) is 7.11 Å². The van der Waals surface area contributed by atoms with Gasteiger partial charge in [0, 0.05) is 12.8 Å². The lowest BCUT2D eigenvalue weighted by molar-refractivity contribution is -0.124. The summed E-state index contributed by atoms with van der Waals surface area (Å²) in [4.78, 5) is 11.5. The van der Waals surface area contributed by atoms with Gasteiger partial charge in [-0.3, -0.25) is 4.79 Å². The number of nitrogens with one attached hydrogen (secondary N) is 1. The summed E-state index contributed by atoms with van der Waals surface area (Å²) < 4.78 is 4.89. The first-order valence-corrected chi connectivity index (χ1v) is 5.16. The van der Waals surface area contributed by atoms with Crippen LogP contribution >= 0.6 is 0 Å². The Balaban J connectivity index is 2.65. The first-order valence-electron chi connectivity index (χ1n) is 5.16. The van der Waals surface area contributed by atoms with Crippen molar-refractivity contribution in [2.24, 2.45) is 0 Å². The van der Waals surface area contributed by atoms with Crippen LogP contribution in [0.4, 0.5) is 5.69 Å². The third-order valence-electron chi connectivity index (χ3n) is 2.38.